The van der Waals surface area contributed by atoms with Crippen LogP contribution in [0.4, 0.5) is 0 Å². The Labute approximate surface area is 122 Å². The van der Waals surface area contributed by atoms with Crippen molar-refractivity contribution in [3.8, 4) is 0 Å². The monoisotopic (exact) mass is 280 g/mol. The van der Waals surface area contributed by atoms with Gasteiger partial charge in [0.1, 0.15) is 11.5 Å². The molecule has 0 amide bonds. The Morgan fingerprint density at radius 1 is 1.40 bits per heavy atom. The average molecular weight is 280 g/mol. The molecule has 1 saturated heterocycles. The third-order valence-corrected chi connectivity index (χ3v) is 3.79. The number of hydrogen-bond acceptors (Lipinski definition) is 4. The summed E-state index contributed by atoms with van der Waals surface area (Å²) in [4.78, 5) is 2.48. The van der Waals surface area contributed by atoms with Gasteiger partial charge in [0.15, 0.2) is 0 Å². The summed E-state index contributed by atoms with van der Waals surface area (Å²) in [5.74, 6) is 2.77. The fourth-order valence-corrected chi connectivity index (χ4v) is 2.79. The lowest BCUT2D eigenvalue weighted by Gasteiger charge is -2.31. The van der Waals surface area contributed by atoms with Gasteiger partial charge in [0, 0.05) is 19.7 Å². The fraction of sp³-hybridized carbons (Fsp3) is 0.750. The Morgan fingerprint density at radius 3 is 2.95 bits per heavy atom. The Kier molecular flexibility index (Phi) is 6.07. The quantitative estimate of drug-likeness (QED) is 0.833. The van der Waals surface area contributed by atoms with Gasteiger partial charge in [0.25, 0.3) is 0 Å². The van der Waals surface area contributed by atoms with Crippen molar-refractivity contribution < 1.29 is 9.15 Å². The molecule has 1 aliphatic rings. The molecule has 1 aromatic heterocycles. The topological polar surface area (TPSA) is 37.6 Å². The molecule has 1 aliphatic heterocycles. The summed E-state index contributed by atoms with van der Waals surface area (Å²) in [7, 11) is 1.79. The molecule has 2 heterocycles. The van der Waals surface area contributed by atoms with E-state index in [0.29, 0.717) is 12.0 Å². The van der Waals surface area contributed by atoms with E-state index in [9.17, 15) is 0 Å². The van der Waals surface area contributed by atoms with Crippen LogP contribution in [0.2, 0.25) is 0 Å². The van der Waals surface area contributed by atoms with Crippen LogP contribution in [-0.2, 0) is 17.8 Å². The number of likely N-dealkylation sites (tertiary alicyclic amines) is 1. The second-order valence-electron chi connectivity index (χ2n) is 6.10. The molecule has 0 radical (unpaired) electrons. The van der Waals surface area contributed by atoms with E-state index in [4.69, 9.17) is 9.15 Å². The van der Waals surface area contributed by atoms with Crippen LogP contribution < -0.4 is 5.32 Å². The van der Waals surface area contributed by atoms with E-state index in [1.165, 1.54) is 19.4 Å². The number of piperidine rings is 1. The smallest absolute Gasteiger partial charge is 0.118 e. The highest BCUT2D eigenvalue weighted by molar-refractivity contribution is 5.07. The van der Waals surface area contributed by atoms with Crippen molar-refractivity contribution in [1.29, 1.82) is 0 Å². The number of rotatable bonds is 7. The number of hydrogen-bond donors (Lipinski definition) is 1. The van der Waals surface area contributed by atoms with Crippen LogP contribution in [0, 0.1) is 5.92 Å². The zero-order valence-corrected chi connectivity index (χ0v) is 13.0. The SMILES string of the molecule is COCC1CCCN(Cc2ccc(CNC(C)C)o2)C1. The molecule has 1 aromatic rings. The molecule has 1 atom stereocenters. The highest BCUT2D eigenvalue weighted by atomic mass is 16.5. The lowest BCUT2D eigenvalue weighted by atomic mass is 9.99. The first-order valence-corrected chi connectivity index (χ1v) is 7.69. The van der Waals surface area contributed by atoms with E-state index in [1.807, 2.05) is 0 Å². The summed E-state index contributed by atoms with van der Waals surface area (Å²) in [6, 6.07) is 4.68. The van der Waals surface area contributed by atoms with Gasteiger partial charge >= 0.3 is 0 Å². The molecule has 1 fully saturated rings. The molecule has 0 spiro atoms. The summed E-state index contributed by atoms with van der Waals surface area (Å²) in [6.45, 7) is 9.18. The van der Waals surface area contributed by atoms with Crippen LogP contribution in [0.25, 0.3) is 0 Å². The second kappa shape index (κ2) is 7.81. The van der Waals surface area contributed by atoms with Gasteiger partial charge in [-0.2, -0.15) is 0 Å². The molecule has 0 aromatic carbocycles. The highest BCUT2D eigenvalue weighted by Gasteiger charge is 2.20. The van der Waals surface area contributed by atoms with Crippen LogP contribution in [0.3, 0.4) is 0 Å². The van der Waals surface area contributed by atoms with Crippen molar-refractivity contribution in [2.45, 2.75) is 45.8 Å². The molecule has 1 N–H and O–H groups in total. The van der Waals surface area contributed by atoms with Crippen LogP contribution in [0.5, 0.6) is 0 Å². The predicted molar refractivity (Wildman–Crippen MR) is 80.6 cm³/mol. The van der Waals surface area contributed by atoms with Gasteiger partial charge in [0.2, 0.25) is 0 Å². The minimum Gasteiger partial charge on any atom is -0.463 e. The van der Waals surface area contributed by atoms with Gasteiger partial charge in [-0.1, -0.05) is 13.8 Å². The van der Waals surface area contributed by atoms with Crippen molar-refractivity contribution in [3.05, 3.63) is 23.7 Å². The van der Waals surface area contributed by atoms with Crippen molar-refractivity contribution in [2.75, 3.05) is 26.8 Å². The van der Waals surface area contributed by atoms with Crippen LogP contribution in [-0.4, -0.2) is 37.7 Å². The Bertz CT molecular complexity index is 388. The second-order valence-corrected chi connectivity index (χ2v) is 6.10. The zero-order valence-electron chi connectivity index (χ0n) is 13.0. The van der Waals surface area contributed by atoms with E-state index >= 15 is 0 Å². The lowest BCUT2D eigenvalue weighted by molar-refractivity contribution is 0.0838. The molecular weight excluding hydrogens is 252 g/mol. The Hall–Kier alpha value is -0.840. The van der Waals surface area contributed by atoms with Gasteiger partial charge in [-0.05, 0) is 37.4 Å². The van der Waals surface area contributed by atoms with Crippen molar-refractivity contribution in [3.63, 3.8) is 0 Å². The number of nitrogens with one attached hydrogen (secondary N) is 1. The van der Waals surface area contributed by atoms with E-state index in [2.05, 4.69) is 36.2 Å². The number of furan rings is 1. The van der Waals surface area contributed by atoms with Crippen molar-refractivity contribution in [1.82, 2.24) is 10.2 Å². The molecule has 0 saturated carbocycles. The first-order valence-electron chi connectivity index (χ1n) is 7.69. The van der Waals surface area contributed by atoms with Crippen LogP contribution >= 0.6 is 0 Å². The Morgan fingerprint density at radius 2 is 2.20 bits per heavy atom. The molecule has 2 rings (SSSR count). The van der Waals surface area contributed by atoms with Crippen LogP contribution in [0.15, 0.2) is 16.5 Å². The zero-order chi connectivity index (χ0) is 14.4. The summed E-state index contributed by atoms with van der Waals surface area (Å²) >= 11 is 0. The summed E-state index contributed by atoms with van der Waals surface area (Å²) < 4.78 is 11.2. The van der Waals surface area contributed by atoms with Crippen molar-refractivity contribution >= 4 is 0 Å². The molecule has 0 bridgehead atoms. The first kappa shape index (κ1) is 15.5. The molecule has 4 heteroatoms. The molecule has 0 aliphatic carbocycles. The number of ether oxygens (including phenoxy) is 1. The van der Waals surface area contributed by atoms with Gasteiger partial charge < -0.3 is 14.5 Å². The molecule has 20 heavy (non-hydrogen) atoms. The standard InChI is InChI=1S/C16H28N2O2/c1-13(2)17-9-15-6-7-16(20-15)11-18-8-4-5-14(10-18)12-19-3/h6-7,13-14,17H,4-5,8-12H2,1-3H3. The van der Waals surface area contributed by atoms with E-state index < -0.39 is 0 Å². The number of nitrogens with zero attached hydrogens (tertiary/aromatic N) is 1. The maximum Gasteiger partial charge on any atom is 0.118 e. The van der Waals surface area contributed by atoms with E-state index in [1.54, 1.807) is 7.11 Å². The van der Waals surface area contributed by atoms with Crippen LogP contribution in [0.1, 0.15) is 38.2 Å². The summed E-state index contributed by atoms with van der Waals surface area (Å²) in [6.07, 6.45) is 2.54. The maximum absolute atomic E-state index is 5.90. The van der Waals surface area contributed by atoms with Gasteiger partial charge in [-0.3, -0.25) is 4.90 Å². The largest absolute Gasteiger partial charge is 0.463 e. The normalized spacial score (nSPS) is 20.7. The molecule has 114 valence electrons. The van der Waals surface area contributed by atoms with E-state index in [-0.39, 0.29) is 0 Å². The summed E-state index contributed by atoms with van der Waals surface area (Å²) in [5, 5.41) is 3.38. The summed E-state index contributed by atoms with van der Waals surface area (Å²) in [5.41, 5.74) is 0. The fourth-order valence-electron chi connectivity index (χ4n) is 2.79. The van der Waals surface area contributed by atoms with Gasteiger partial charge in [-0.15, -0.1) is 0 Å². The minimum absolute atomic E-state index is 0.487. The minimum atomic E-state index is 0.487. The highest BCUT2D eigenvalue weighted by Crippen LogP contribution is 2.19. The lowest BCUT2D eigenvalue weighted by Crippen LogP contribution is -2.36. The Balaban J connectivity index is 1.80. The average Bonchev–Trinajstić information content (AvgIpc) is 2.85. The van der Waals surface area contributed by atoms with Gasteiger partial charge in [0.05, 0.1) is 19.7 Å². The van der Waals surface area contributed by atoms with Crippen molar-refractivity contribution in [2.24, 2.45) is 5.92 Å². The first-order chi connectivity index (χ1) is 9.67. The molecule has 4 nitrogen and oxygen atoms in total. The third kappa shape index (κ3) is 4.93. The van der Waals surface area contributed by atoms with Gasteiger partial charge in [-0.25, -0.2) is 0 Å². The van der Waals surface area contributed by atoms with E-state index in [0.717, 1.165) is 37.8 Å². The number of methoxy groups -OCH3 is 1. The molecular formula is C16H28N2O2. The molecule has 1 unspecified atom stereocenters. The predicted octanol–water partition coefficient (Wildman–Crippen LogP) is 2.64. The maximum atomic E-state index is 5.90. The third-order valence-electron chi connectivity index (χ3n) is 3.79.